The van der Waals surface area contributed by atoms with E-state index in [-0.39, 0.29) is 12.5 Å². The molecule has 2 fully saturated rings. The zero-order valence-electron chi connectivity index (χ0n) is 14.9. The number of hydrogen-bond donors (Lipinski definition) is 2. The minimum atomic E-state index is -0.986. The standard InChI is InChI=1S/C18H25NO6/c1-10-6-5-7-12(8-10)23-17-14(19-11(2)20)15(21)16-13(24-17)9-22-18(3,4)25-16/h5-8,13-17,21H,9H2,1-4H3,(H,19,20)/t13-,14+,15-,16-,17+/m0/s1. The largest absolute Gasteiger partial charge is 0.463 e. The molecule has 1 amide bonds. The molecule has 2 N–H and O–H groups in total. The Morgan fingerprint density at radius 3 is 2.84 bits per heavy atom. The van der Waals surface area contributed by atoms with Gasteiger partial charge in [-0.2, -0.15) is 0 Å². The third-order valence-electron chi connectivity index (χ3n) is 4.30. The van der Waals surface area contributed by atoms with Crippen LogP contribution in [-0.4, -0.2) is 54.1 Å². The molecule has 2 aliphatic heterocycles. The van der Waals surface area contributed by atoms with Gasteiger partial charge in [0.2, 0.25) is 12.2 Å². The Hall–Kier alpha value is -1.67. The summed E-state index contributed by atoms with van der Waals surface area (Å²) in [6, 6.07) is 6.74. The normalized spacial score (nSPS) is 34.0. The Bertz CT molecular complexity index is 634. The van der Waals surface area contributed by atoms with Crippen molar-refractivity contribution in [3.05, 3.63) is 29.8 Å². The molecule has 2 heterocycles. The average molecular weight is 351 g/mol. The molecule has 1 aromatic rings. The van der Waals surface area contributed by atoms with Crippen LogP contribution >= 0.6 is 0 Å². The first-order valence-electron chi connectivity index (χ1n) is 8.41. The van der Waals surface area contributed by atoms with E-state index in [4.69, 9.17) is 18.9 Å². The topological polar surface area (TPSA) is 86.3 Å². The first-order chi connectivity index (χ1) is 11.7. The Labute approximate surface area is 147 Å². The maximum atomic E-state index is 11.6. The van der Waals surface area contributed by atoms with Crippen molar-refractivity contribution in [3.63, 3.8) is 0 Å². The van der Waals surface area contributed by atoms with Gasteiger partial charge in [-0.15, -0.1) is 0 Å². The summed E-state index contributed by atoms with van der Waals surface area (Å²) in [6.45, 7) is 7.17. The summed E-state index contributed by atoms with van der Waals surface area (Å²) < 4.78 is 23.3. The fraction of sp³-hybridized carbons (Fsp3) is 0.611. The number of carbonyl (C=O) groups is 1. The van der Waals surface area contributed by atoms with Crippen molar-refractivity contribution in [1.82, 2.24) is 5.32 Å². The second-order valence-electron chi connectivity index (χ2n) is 6.99. The Kier molecular flexibility index (Phi) is 5.02. The lowest BCUT2D eigenvalue weighted by atomic mass is 9.95. The molecule has 0 radical (unpaired) electrons. The predicted octanol–water partition coefficient (Wildman–Crippen LogP) is 1.12. The molecule has 1 aromatic carbocycles. The smallest absolute Gasteiger partial charge is 0.223 e. The van der Waals surface area contributed by atoms with E-state index in [1.807, 2.05) is 25.1 Å². The van der Waals surface area contributed by atoms with E-state index in [0.29, 0.717) is 5.75 Å². The van der Waals surface area contributed by atoms with E-state index in [0.717, 1.165) is 5.56 Å². The van der Waals surface area contributed by atoms with Crippen molar-refractivity contribution >= 4 is 5.91 Å². The van der Waals surface area contributed by atoms with Crippen molar-refractivity contribution in [2.45, 2.75) is 64.1 Å². The van der Waals surface area contributed by atoms with Gasteiger partial charge in [-0.05, 0) is 38.5 Å². The molecule has 0 spiro atoms. The first-order valence-corrected chi connectivity index (χ1v) is 8.41. The number of benzene rings is 1. The lowest BCUT2D eigenvalue weighted by Crippen LogP contribution is -2.69. The number of fused-ring (bicyclic) bond motifs is 1. The number of ether oxygens (including phenoxy) is 4. The van der Waals surface area contributed by atoms with Gasteiger partial charge in [-0.1, -0.05) is 12.1 Å². The molecule has 0 saturated carbocycles. The molecule has 5 atom stereocenters. The highest BCUT2D eigenvalue weighted by molar-refractivity contribution is 5.73. The second-order valence-corrected chi connectivity index (χ2v) is 6.99. The van der Waals surface area contributed by atoms with Crippen LogP contribution < -0.4 is 10.1 Å². The highest BCUT2D eigenvalue weighted by Gasteiger charge is 2.52. The molecule has 2 aliphatic rings. The van der Waals surface area contributed by atoms with Crippen molar-refractivity contribution in [1.29, 1.82) is 0 Å². The van der Waals surface area contributed by atoms with Crippen LogP contribution in [0, 0.1) is 6.92 Å². The molecule has 25 heavy (non-hydrogen) atoms. The highest BCUT2D eigenvalue weighted by Crippen LogP contribution is 2.33. The summed E-state index contributed by atoms with van der Waals surface area (Å²) in [4.78, 5) is 11.6. The number of aliphatic hydroxyl groups is 1. The van der Waals surface area contributed by atoms with Gasteiger partial charge in [0.25, 0.3) is 0 Å². The van der Waals surface area contributed by atoms with E-state index in [9.17, 15) is 9.90 Å². The van der Waals surface area contributed by atoms with Crippen molar-refractivity contribution in [2.24, 2.45) is 0 Å². The number of aliphatic hydroxyl groups excluding tert-OH is 1. The molecule has 7 nitrogen and oxygen atoms in total. The van der Waals surface area contributed by atoms with Gasteiger partial charge in [-0.3, -0.25) is 4.79 Å². The lowest BCUT2D eigenvalue weighted by molar-refractivity contribution is -0.361. The second kappa shape index (κ2) is 6.92. The lowest BCUT2D eigenvalue weighted by Gasteiger charge is -2.49. The summed E-state index contributed by atoms with van der Waals surface area (Å²) in [5.74, 6) is -0.504. The van der Waals surface area contributed by atoms with Crippen LogP contribution in [0.2, 0.25) is 0 Å². The van der Waals surface area contributed by atoms with Crippen LogP contribution in [0.5, 0.6) is 5.75 Å². The minimum Gasteiger partial charge on any atom is -0.463 e. The van der Waals surface area contributed by atoms with Crippen LogP contribution in [0.1, 0.15) is 26.3 Å². The molecular weight excluding hydrogens is 326 g/mol. The molecule has 3 rings (SSSR count). The van der Waals surface area contributed by atoms with Gasteiger partial charge in [0.05, 0.1) is 6.61 Å². The van der Waals surface area contributed by atoms with Crippen LogP contribution in [0.3, 0.4) is 0 Å². The van der Waals surface area contributed by atoms with Gasteiger partial charge < -0.3 is 29.4 Å². The van der Waals surface area contributed by atoms with Gasteiger partial charge in [0.15, 0.2) is 5.79 Å². The van der Waals surface area contributed by atoms with Crippen LogP contribution in [0.25, 0.3) is 0 Å². The predicted molar refractivity (Wildman–Crippen MR) is 89.0 cm³/mol. The monoisotopic (exact) mass is 351 g/mol. The van der Waals surface area contributed by atoms with E-state index in [1.165, 1.54) is 6.92 Å². The number of aryl methyl sites for hydroxylation is 1. The van der Waals surface area contributed by atoms with Crippen molar-refractivity contribution in [2.75, 3.05) is 6.61 Å². The average Bonchev–Trinajstić information content (AvgIpc) is 2.51. The summed E-state index contributed by atoms with van der Waals surface area (Å²) in [7, 11) is 0. The number of rotatable bonds is 3. The fourth-order valence-electron chi connectivity index (χ4n) is 3.16. The van der Waals surface area contributed by atoms with Gasteiger partial charge in [0.1, 0.15) is 30.1 Å². The third-order valence-corrected chi connectivity index (χ3v) is 4.30. The van der Waals surface area contributed by atoms with Crippen molar-refractivity contribution in [3.8, 4) is 5.75 Å². The Morgan fingerprint density at radius 1 is 1.40 bits per heavy atom. The van der Waals surface area contributed by atoms with Crippen molar-refractivity contribution < 1.29 is 28.8 Å². The van der Waals surface area contributed by atoms with Crippen LogP contribution in [-0.2, 0) is 19.0 Å². The molecule has 138 valence electrons. The zero-order chi connectivity index (χ0) is 18.2. The number of nitrogens with one attached hydrogen (secondary N) is 1. The quantitative estimate of drug-likeness (QED) is 0.849. The minimum absolute atomic E-state index is 0.273. The summed E-state index contributed by atoms with van der Waals surface area (Å²) >= 11 is 0. The molecule has 2 saturated heterocycles. The molecule has 0 unspecified atom stereocenters. The summed E-state index contributed by atoms with van der Waals surface area (Å²) in [5, 5.41) is 13.5. The molecule has 0 aliphatic carbocycles. The Morgan fingerprint density at radius 2 is 2.16 bits per heavy atom. The number of hydrogen-bond acceptors (Lipinski definition) is 6. The van der Waals surface area contributed by atoms with Gasteiger partial charge in [0, 0.05) is 6.92 Å². The molecule has 0 bridgehead atoms. The van der Waals surface area contributed by atoms with Gasteiger partial charge >= 0.3 is 0 Å². The van der Waals surface area contributed by atoms with E-state index in [1.54, 1.807) is 19.9 Å². The molecule has 7 heteroatoms. The molecule has 0 aromatic heterocycles. The maximum absolute atomic E-state index is 11.6. The van der Waals surface area contributed by atoms with Crippen LogP contribution in [0.15, 0.2) is 24.3 Å². The van der Waals surface area contributed by atoms with E-state index < -0.39 is 36.4 Å². The highest BCUT2D eigenvalue weighted by atomic mass is 16.8. The number of amides is 1. The Balaban J connectivity index is 1.82. The van der Waals surface area contributed by atoms with Gasteiger partial charge in [-0.25, -0.2) is 0 Å². The van der Waals surface area contributed by atoms with E-state index >= 15 is 0 Å². The zero-order valence-corrected chi connectivity index (χ0v) is 14.9. The number of carbonyl (C=O) groups excluding carboxylic acids is 1. The first kappa shape index (κ1) is 18.1. The molecular formula is C18H25NO6. The summed E-state index contributed by atoms with van der Waals surface area (Å²) in [5.41, 5.74) is 1.04. The summed E-state index contributed by atoms with van der Waals surface area (Å²) in [6.07, 6.45) is -2.93. The maximum Gasteiger partial charge on any atom is 0.223 e. The third kappa shape index (κ3) is 4.12. The SMILES string of the molecule is CC(=O)N[C@H]1[C@H](Oc2cccc(C)c2)O[C@H]2COC(C)(C)O[C@@H]2[C@H]1O. The van der Waals surface area contributed by atoms with Crippen LogP contribution in [0.4, 0.5) is 0 Å². The van der Waals surface area contributed by atoms with E-state index in [2.05, 4.69) is 5.32 Å². The fourth-order valence-corrected chi connectivity index (χ4v) is 3.16.